The molecule has 9 atom stereocenters. The quantitative estimate of drug-likeness (QED) is 0.307. The highest BCUT2D eigenvalue weighted by Gasteiger charge is 2.77. The molecular weight excluding hydrogens is 540 g/mol. The highest BCUT2D eigenvalue weighted by molar-refractivity contribution is 5.95. The van der Waals surface area contributed by atoms with Crippen LogP contribution >= 0.6 is 0 Å². The van der Waals surface area contributed by atoms with Gasteiger partial charge < -0.3 is 24.4 Å². The first kappa shape index (κ1) is 30.4. The Morgan fingerprint density at radius 1 is 1.00 bits per heavy atom. The molecule has 2 N–H and O–H groups in total. The number of allylic oxidation sites excluding steroid dienone is 1. The van der Waals surface area contributed by atoms with Gasteiger partial charge in [0.1, 0.15) is 17.3 Å². The molecule has 3 fully saturated rings. The molecule has 9 nitrogen and oxygen atoms in total. The summed E-state index contributed by atoms with van der Waals surface area (Å²) in [6.45, 7) is 11.4. The van der Waals surface area contributed by atoms with Crippen molar-refractivity contribution in [1.29, 1.82) is 0 Å². The van der Waals surface area contributed by atoms with Crippen LogP contribution in [0.1, 0.15) is 84.5 Å². The highest BCUT2D eigenvalue weighted by Crippen LogP contribution is 2.67. The smallest absolute Gasteiger partial charge is 0.338 e. The lowest BCUT2D eigenvalue weighted by atomic mass is 9.40. The fourth-order valence-electron chi connectivity index (χ4n) is 8.71. The third-order valence-electron chi connectivity index (χ3n) is 11.1. The number of rotatable bonds is 4. The second-order valence-electron chi connectivity index (χ2n) is 13.6. The van der Waals surface area contributed by atoms with Gasteiger partial charge in [-0.1, -0.05) is 44.5 Å². The van der Waals surface area contributed by atoms with Crippen LogP contribution in [-0.2, 0) is 28.6 Å². The van der Waals surface area contributed by atoms with Gasteiger partial charge in [0.15, 0.2) is 11.9 Å². The van der Waals surface area contributed by atoms with Crippen molar-refractivity contribution in [2.24, 2.45) is 28.6 Å². The number of hydrogen-bond acceptors (Lipinski definition) is 9. The summed E-state index contributed by atoms with van der Waals surface area (Å²) in [7, 11) is 0. The van der Waals surface area contributed by atoms with Crippen LogP contribution in [0.5, 0.6) is 0 Å². The Bertz CT molecular complexity index is 1350. The zero-order chi connectivity index (χ0) is 31.0. The number of ketones is 1. The molecule has 3 saturated carbocycles. The highest BCUT2D eigenvalue weighted by atomic mass is 16.6. The molecule has 42 heavy (non-hydrogen) atoms. The number of esters is 3. The van der Waals surface area contributed by atoms with Gasteiger partial charge >= 0.3 is 17.9 Å². The van der Waals surface area contributed by atoms with E-state index in [0.717, 1.165) is 5.57 Å². The molecular formula is C33H42O9. The van der Waals surface area contributed by atoms with Crippen LogP contribution in [0.2, 0.25) is 0 Å². The van der Waals surface area contributed by atoms with E-state index in [1.807, 2.05) is 13.8 Å². The molecule has 4 aliphatic rings. The van der Waals surface area contributed by atoms with Crippen LogP contribution in [0, 0.1) is 28.6 Å². The lowest BCUT2D eigenvalue weighted by Gasteiger charge is -2.68. The van der Waals surface area contributed by atoms with Gasteiger partial charge in [0.05, 0.1) is 23.0 Å². The predicted octanol–water partition coefficient (Wildman–Crippen LogP) is 3.94. The molecule has 0 heterocycles. The first-order valence-corrected chi connectivity index (χ1v) is 14.8. The van der Waals surface area contributed by atoms with E-state index in [9.17, 15) is 29.4 Å². The average Bonchev–Trinajstić information content (AvgIpc) is 2.90. The second-order valence-corrected chi connectivity index (χ2v) is 13.6. The molecule has 228 valence electrons. The number of carbonyl (C=O) groups excluding carboxylic acids is 4. The summed E-state index contributed by atoms with van der Waals surface area (Å²) in [6, 6.07) is 8.37. The molecule has 0 radical (unpaired) electrons. The van der Waals surface area contributed by atoms with Gasteiger partial charge in [-0.2, -0.15) is 0 Å². The molecule has 5 rings (SSSR count). The van der Waals surface area contributed by atoms with Gasteiger partial charge in [0, 0.05) is 25.2 Å². The standard InChI is InChI=1S/C33H42O9/c1-17-16-33(39)28(41-29(38)21-11-9-8-10-12-21)26-31(7,23(36)15-22-13-14-32(22,26)42-20(4)35)27(37)25(40-19(3)34)24(18(17)2)30(33,5)6/h8-12,17,22-23,25-26,28,36,39H,13-16H2,1-7H3/t17-,22+,23-,25+,26?,28-,31+,32-,33+/m1/s1. The van der Waals surface area contributed by atoms with Gasteiger partial charge in [-0.15, -0.1) is 0 Å². The van der Waals surface area contributed by atoms with E-state index in [0.29, 0.717) is 18.4 Å². The third-order valence-corrected chi connectivity index (χ3v) is 11.1. The first-order chi connectivity index (χ1) is 19.5. The topological polar surface area (TPSA) is 136 Å². The molecule has 1 unspecified atom stereocenters. The second kappa shape index (κ2) is 10.0. The summed E-state index contributed by atoms with van der Waals surface area (Å²) in [6.07, 6.45) is -2.70. The van der Waals surface area contributed by atoms with Crippen molar-refractivity contribution in [2.75, 3.05) is 0 Å². The van der Waals surface area contributed by atoms with E-state index >= 15 is 0 Å². The van der Waals surface area contributed by atoms with Gasteiger partial charge in [-0.3, -0.25) is 14.4 Å². The van der Waals surface area contributed by atoms with E-state index in [-0.39, 0.29) is 30.2 Å². The molecule has 1 aromatic carbocycles. The van der Waals surface area contributed by atoms with Gasteiger partial charge in [0.2, 0.25) is 0 Å². The number of Topliss-reactive ketones (excluding diaryl/α,β-unsaturated/α-hetero) is 1. The predicted molar refractivity (Wildman–Crippen MR) is 151 cm³/mol. The minimum absolute atomic E-state index is 0.159. The molecule has 0 aromatic heterocycles. The van der Waals surface area contributed by atoms with E-state index in [2.05, 4.69) is 0 Å². The molecule has 2 bridgehead atoms. The van der Waals surface area contributed by atoms with Gasteiger partial charge in [0.25, 0.3) is 0 Å². The van der Waals surface area contributed by atoms with Gasteiger partial charge in [-0.25, -0.2) is 4.79 Å². The Labute approximate surface area is 246 Å². The number of carbonyl (C=O) groups is 4. The van der Waals surface area contributed by atoms with E-state index in [1.165, 1.54) is 13.8 Å². The monoisotopic (exact) mass is 582 g/mol. The maximum atomic E-state index is 14.9. The Kier molecular flexibility index (Phi) is 7.25. The van der Waals surface area contributed by atoms with Crippen molar-refractivity contribution in [3.8, 4) is 0 Å². The van der Waals surface area contributed by atoms with Crippen LogP contribution < -0.4 is 0 Å². The summed E-state index contributed by atoms with van der Waals surface area (Å²) in [4.78, 5) is 53.8. The first-order valence-electron chi connectivity index (χ1n) is 14.8. The van der Waals surface area contributed by atoms with Crippen molar-refractivity contribution >= 4 is 23.7 Å². The number of aliphatic hydroxyl groups excluding tert-OH is 1. The summed E-state index contributed by atoms with van der Waals surface area (Å²) in [5, 5.41) is 24.8. The maximum Gasteiger partial charge on any atom is 0.338 e. The minimum Gasteiger partial charge on any atom is -0.458 e. The lowest BCUT2D eigenvalue weighted by molar-refractivity contribution is -0.295. The average molecular weight is 583 g/mol. The Morgan fingerprint density at radius 2 is 1.64 bits per heavy atom. The molecule has 0 spiro atoms. The molecule has 0 saturated heterocycles. The Hall–Kier alpha value is -3.04. The van der Waals surface area contributed by atoms with Crippen molar-refractivity contribution in [2.45, 2.75) is 104 Å². The number of benzene rings is 1. The van der Waals surface area contributed by atoms with Crippen molar-refractivity contribution in [1.82, 2.24) is 0 Å². The molecule has 9 heteroatoms. The fourth-order valence-corrected chi connectivity index (χ4v) is 8.71. The molecule has 1 aromatic rings. The zero-order valence-electron chi connectivity index (χ0n) is 25.4. The van der Waals surface area contributed by atoms with Crippen molar-refractivity contribution < 1.29 is 43.6 Å². The number of aliphatic hydroxyl groups is 2. The Morgan fingerprint density at radius 3 is 2.19 bits per heavy atom. The largest absolute Gasteiger partial charge is 0.458 e. The fraction of sp³-hybridized carbons (Fsp3) is 0.636. The molecule has 0 amide bonds. The van der Waals surface area contributed by atoms with E-state index in [4.69, 9.17) is 14.2 Å². The SMILES string of the molecule is CC(=O)O[C@@H]1C(=O)[C@]2(C)C([C@@H](OC(=O)c3ccccc3)[C@@]3(O)C[C@@H](C)C(C)=C1C3(C)C)[C@@]1(OC(C)=O)CC[C@H]1C[C@H]2O. The molecule has 0 aliphatic heterocycles. The van der Waals surface area contributed by atoms with Crippen LogP contribution in [0.15, 0.2) is 41.5 Å². The number of ether oxygens (including phenoxy) is 3. The maximum absolute atomic E-state index is 14.9. The summed E-state index contributed by atoms with van der Waals surface area (Å²) in [5.74, 6) is -4.25. The zero-order valence-corrected chi connectivity index (χ0v) is 25.4. The number of fused-ring (bicyclic) bond motifs is 5. The van der Waals surface area contributed by atoms with Crippen molar-refractivity contribution in [3.63, 3.8) is 0 Å². The summed E-state index contributed by atoms with van der Waals surface area (Å²) in [5.41, 5.74) is -4.56. The van der Waals surface area contributed by atoms with E-state index < -0.39 is 70.0 Å². The number of hydrogen-bond donors (Lipinski definition) is 2. The van der Waals surface area contributed by atoms with Crippen LogP contribution in [0.25, 0.3) is 0 Å². The van der Waals surface area contributed by atoms with Crippen molar-refractivity contribution in [3.05, 3.63) is 47.0 Å². The minimum atomic E-state index is -1.80. The van der Waals surface area contributed by atoms with Gasteiger partial charge in [-0.05, 0) is 63.2 Å². The van der Waals surface area contributed by atoms with E-state index in [1.54, 1.807) is 51.1 Å². The van der Waals surface area contributed by atoms with Crippen LogP contribution in [0.3, 0.4) is 0 Å². The normalized spacial score (nSPS) is 40.4. The Balaban J connectivity index is 1.84. The van der Waals surface area contributed by atoms with Crippen LogP contribution in [-0.4, -0.2) is 63.4 Å². The third kappa shape index (κ3) is 4.10. The summed E-state index contributed by atoms with van der Waals surface area (Å²) >= 11 is 0. The summed E-state index contributed by atoms with van der Waals surface area (Å²) < 4.78 is 18.2. The molecule has 4 aliphatic carbocycles. The van der Waals surface area contributed by atoms with Crippen LogP contribution in [0.4, 0.5) is 0 Å². The lowest BCUT2D eigenvalue weighted by Crippen LogP contribution is -2.78.